The van der Waals surface area contributed by atoms with Crippen LogP contribution in [0.3, 0.4) is 0 Å². The largest absolute Gasteiger partial charge is 0.283 e. The van der Waals surface area contributed by atoms with Gasteiger partial charge in [-0.25, -0.2) is 4.98 Å². The number of imidazole rings is 1. The zero-order chi connectivity index (χ0) is 18.6. The van der Waals surface area contributed by atoms with Crippen LogP contribution in [-0.4, -0.2) is 9.38 Å². The first-order valence-electron chi connectivity index (χ1n) is 8.77. The minimum atomic E-state index is 0.490. The van der Waals surface area contributed by atoms with Crippen molar-refractivity contribution in [3.05, 3.63) is 84.1 Å². The van der Waals surface area contributed by atoms with E-state index in [0.29, 0.717) is 17.1 Å². The summed E-state index contributed by atoms with van der Waals surface area (Å²) in [6.07, 6.45) is 2.90. The number of fused-ring (bicyclic) bond motifs is 1. The predicted molar refractivity (Wildman–Crippen MR) is 105 cm³/mol. The summed E-state index contributed by atoms with van der Waals surface area (Å²) in [7, 11) is 0. The normalized spacial score (nSPS) is 11.1. The number of nitriles is 1. The molecule has 0 radical (unpaired) electrons. The molecule has 27 heavy (non-hydrogen) atoms. The lowest BCUT2D eigenvalue weighted by Crippen LogP contribution is -1.83. The molecule has 2 aromatic carbocycles. The molecule has 0 fully saturated rings. The molecule has 0 aliphatic rings. The minimum Gasteiger partial charge on any atom is -0.283 e. The number of aryl methyl sites for hydroxylation is 1. The van der Waals surface area contributed by atoms with Crippen LogP contribution in [-0.2, 0) is 6.42 Å². The van der Waals surface area contributed by atoms with Crippen LogP contribution < -0.4 is 0 Å². The molecule has 5 nitrogen and oxygen atoms in total. The second-order valence-electron chi connectivity index (χ2n) is 6.09. The fourth-order valence-corrected chi connectivity index (χ4v) is 2.93. The predicted octanol–water partition coefficient (Wildman–Crippen LogP) is 5.85. The molecule has 5 heteroatoms. The Kier molecular flexibility index (Phi) is 4.46. The zero-order valence-corrected chi connectivity index (χ0v) is 14.9. The molecule has 0 bridgehead atoms. The number of nitrogens with zero attached hydrogens (tertiary/aromatic N) is 5. The number of benzene rings is 2. The Hall–Kier alpha value is -3.78. The van der Waals surface area contributed by atoms with Gasteiger partial charge in [-0.3, -0.25) is 4.40 Å². The molecule has 0 atom stereocenters. The average molecular weight is 351 g/mol. The van der Waals surface area contributed by atoms with Crippen LogP contribution in [0.25, 0.3) is 16.9 Å². The highest BCUT2D eigenvalue weighted by molar-refractivity contribution is 5.74. The van der Waals surface area contributed by atoms with Crippen LogP contribution in [0.5, 0.6) is 0 Å². The third kappa shape index (κ3) is 3.21. The van der Waals surface area contributed by atoms with Crippen molar-refractivity contribution in [2.75, 3.05) is 0 Å². The third-order valence-corrected chi connectivity index (χ3v) is 4.42. The van der Waals surface area contributed by atoms with E-state index in [2.05, 4.69) is 47.5 Å². The average Bonchev–Trinajstić information content (AvgIpc) is 3.11. The summed E-state index contributed by atoms with van der Waals surface area (Å²) >= 11 is 0. The zero-order valence-electron chi connectivity index (χ0n) is 14.9. The van der Waals surface area contributed by atoms with E-state index >= 15 is 0 Å². The van der Waals surface area contributed by atoms with E-state index in [1.54, 1.807) is 12.1 Å². The van der Waals surface area contributed by atoms with Crippen molar-refractivity contribution in [2.45, 2.75) is 13.3 Å². The smallest absolute Gasteiger partial charge is 0.187 e. The standard InChI is InChI=1S/C22H17N5/c1-2-16-10-12-17(13-11-16)21-22(27-14-6-5-9-20(27)24-21)26-25-19-8-4-3-7-18(19)15-23/h3-14H,2H2,1H3. The second kappa shape index (κ2) is 7.22. The van der Waals surface area contributed by atoms with Gasteiger partial charge >= 0.3 is 0 Å². The van der Waals surface area contributed by atoms with E-state index in [4.69, 9.17) is 4.98 Å². The molecule has 2 aromatic heterocycles. The summed E-state index contributed by atoms with van der Waals surface area (Å²) in [5.41, 5.74) is 4.85. The molecule has 0 aliphatic heterocycles. The molecule has 0 N–H and O–H groups in total. The lowest BCUT2D eigenvalue weighted by molar-refractivity contribution is 1.10. The summed E-state index contributed by atoms with van der Waals surface area (Å²) in [6, 6.07) is 23.4. The Bertz CT molecular complexity index is 1160. The van der Waals surface area contributed by atoms with Gasteiger partial charge in [-0.15, -0.1) is 10.2 Å². The maximum absolute atomic E-state index is 9.26. The Morgan fingerprint density at radius 2 is 1.74 bits per heavy atom. The van der Waals surface area contributed by atoms with Crippen molar-refractivity contribution in [2.24, 2.45) is 10.2 Å². The van der Waals surface area contributed by atoms with Gasteiger partial charge in [0.1, 0.15) is 23.1 Å². The molecular formula is C22H17N5. The molecule has 0 spiro atoms. The van der Waals surface area contributed by atoms with Crippen molar-refractivity contribution in [3.63, 3.8) is 0 Å². The highest BCUT2D eigenvalue weighted by atomic mass is 15.2. The first-order chi connectivity index (χ1) is 13.3. The molecular weight excluding hydrogens is 334 g/mol. The SMILES string of the molecule is CCc1ccc(-c2nc3ccccn3c2N=Nc2ccccc2C#N)cc1. The number of pyridine rings is 1. The van der Waals surface area contributed by atoms with Crippen LogP contribution in [0.4, 0.5) is 11.5 Å². The fourth-order valence-electron chi connectivity index (χ4n) is 2.93. The minimum absolute atomic E-state index is 0.490. The Balaban J connectivity index is 1.85. The van der Waals surface area contributed by atoms with Crippen LogP contribution in [0, 0.1) is 11.3 Å². The molecule has 0 amide bonds. The lowest BCUT2D eigenvalue weighted by atomic mass is 10.1. The number of hydrogen-bond acceptors (Lipinski definition) is 4. The molecule has 0 aliphatic carbocycles. The van der Waals surface area contributed by atoms with Crippen molar-refractivity contribution in [1.29, 1.82) is 5.26 Å². The number of hydrogen-bond donors (Lipinski definition) is 0. The van der Waals surface area contributed by atoms with Crippen LogP contribution in [0.2, 0.25) is 0 Å². The molecule has 130 valence electrons. The maximum atomic E-state index is 9.26. The Morgan fingerprint density at radius 3 is 2.52 bits per heavy atom. The Labute approximate surface area is 157 Å². The van der Waals surface area contributed by atoms with Gasteiger partial charge in [-0.1, -0.05) is 49.4 Å². The highest BCUT2D eigenvalue weighted by Crippen LogP contribution is 2.32. The van der Waals surface area contributed by atoms with Gasteiger partial charge in [0.2, 0.25) is 0 Å². The van der Waals surface area contributed by atoms with Gasteiger partial charge in [-0.2, -0.15) is 5.26 Å². The van der Waals surface area contributed by atoms with Crippen LogP contribution in [0.15, 0.2) is 83.2 Å². The van der Waals surface area contributed by atoms with E-state index < -0.39 is 0 Å². The molecule has 2 heterocycles. The Morgan fingerprint density at radius 1 is 0.963 bits per heavy atom. The lowest BCUT2D eigenvalue weighted by Gasteiger charge is -2.02. The van der Waals surface area contributed by atoms with E-state index in [9.17, 15) is 5.26 Å². The van der Waals surface area contributed by atoms with Gasteiger partial charge in [0.15, 0.2) is 5.82 Å². The van der Waals surface area contributed by atoms with Gasteiger partial charge < -0.3 is 0 Å². The van der Waals surface area contributed by atoms with Gasteiger partial charge in [0.05, 0.1) is 5.56 Å². The van der Waals surface area contributed by atoms with Crippen molar-refractivity contribution < 1.29 is 0 Å². The van der Waals surface area contributed by atoms with Gasteiger partial charge in [0.25, 0.3) is 0 Å². The maximum Gasteiger partial charge on any atom is 0.187 e. The molecule has 4 rings (SSSR count). The molecule has 0 unspecified atom stereocenters. The topological polar surface area (TPSA) is 65.8 Å². The highest BCUT2D eigenvalue weighted by Gasteiger charge is 2.14. The van der Waals surface area contributed by atoms with Crippen LogP contribution in [0.1, 0.15) is 18.1 Å². The van der Waals surface area contributed by atoms with E-state index in [-0.39, 0.29) is 0 Å². The molecule has 4 aromatic rings. The van der Waals surface area contributed by atoms with Gasteiger partial charge in [-0.05, 0) is 36.2 Å². The van der Waals surface area contributed by atoms with Crippen molar-refractivity contribution in [1.82, 2.24) is 9.38 Å². The quantitative estimate of drug-likeness (QED) is 0.433. The second-order valence-corrected chi connectivity index (χ2v) is 6.09. The summed E-state index contributed by atoms with van der Waals surface area (Å²) in [5.74, 6) is 0.641. The third-order valence-electron chi connectivity index (χ3n) is 4.42. The van der Waals surface area contributed by atoms with Crippen molar-refractivity contribution in [3.8, 4) is 17.3 Å². The van der Waals surface area contributed by atoms with Crippen molar-refractivity contribution >= 4 is 17.2 Å². The summed E-state index contributed by atoms with van der Waals surface area (Å²) in [4.78, 5) is 4.74. The van der Waals surface area contributed by atoms with E-state index in [1.165, 1.54) is 5.56 Å². The number of rotatable bonds is 4. The number of azo groups is 1. The first-order valence-corrected chi connectivity index (χ1v) is 8.77. The molecule has 0 saturated heterocycles. The first kappa shape index (κ1) is 16.7. The number of aromatic nitrogens is 2. The molecule has 0 saturated carbocycles. The summed E-state index contributed by atoms with van der Waals surface area (Å²) in [6.45, 7) is 2.13. The summed E-state index contributed by atoms with van der Waals surface area (Å²) in [5, 5.41) is 18.1. The fraction of sp³-hybridized carbons (Fsp3) is 0.0909. The van der Waals surface area contributed by atoms with Crippen LogP contribution >= 0.6 is 0 Å². The van der Waals surface area contributed by atoms with Gasteiger partial charge in [0, 0.05) is 11.8 Å². The monoisotopic (exact) mass is 351 g/mol. The van der Waals surface area contributed by atoms with E-state index in [1.807, 2.05) is 40.9 Å². The summed E-state index contributed by atoms with van der Waals surface area (Å²) < 4.78 is 1.90. The van der Waals surface area contributed by atoms with E-state index in [0.717, 1.165) is 23.3 Å².